The van der Waals surface area contributed by atoms with Crippen LogP contribution in [0.4, 0.5) is 5.82 Å². The van der Waals surface area contributed by atoms with Crippen molar-refractivity contribution in [2.75, 3.05) is 18.6 Å². The van der Waals surface area contributed by atoms with Gasteiger partial charge in [-0.3, -0.25) is 10.2 Å². The van der Waals surface area contributed by atoms with Crippen LogP contribution >= 0.6 is 11.3 Å². The van der Waals surface area contributed by atoms with Gasteiger partial charge in [0.25, 0.3) is 5.91 Å². The van der Waals surface area contributed by atoms with Gasteiger partial charge in [0.2, 0.25) is 0 Å². The molecule has 9 heteroatoms. The second kappa shape index (κ2) is 10.0. The summed E-state index contributed by atoms with van der Waals surface area (Å²) in [7, 11) is 0. The van der Waals surface area contributed by atoms with E-state index >= 15 is 0 Å². The van der Waals surface area contributed by atoms with E-state index in [4.69, 9.17) is 5.11 Å². The average Bonchev–Trinajstić information content (AvgIpc) is 3.48. The van der Waals surface area contributed by atoms with Crippen LogP contribution < -0.4 is 10.7 Å². The van der Waals surface area contributed by atoms with Gasteiger partial charge in [0.1, 0.15) is 11.2 Å². The lowest BCUT2D eigenvalue weighted by molar-refractivity contribution is 0.0945. The monoisotopic (exact) mass is 484 g/mol. The van der Waals surface area contributed by atoms with Gasteiger partial charge in [-0.1, -0.05) is 24.3 Å². The van der Waals surface area contributed by atoms with Crippen molar-refractivity contribution in [3.8, 4) is 0 Å². The number of carbonyl (C=O) groups is 1. The molecule has 35 heavy (non-hydrogen) atoms. The summed E-state index contributed by atoms with van der Waals surface area (Å²) in [6.07, 6.45) is 6.00. The van der Waals surface area contributed by atoms with Gasteiger partial charge in [0.15, 0.2) is 5.82 Å². The van der Waals surface area contributed by atoms with E-state index in [2.05, 4.69) is 49.9 Å². The molecule has 0 spiro atoms. The predicted molar refractivity (Wildman–Crippen MR) is 140 cm³/mol. The number of hydrogen-bond acceptors (Lipinski definition) is 7. The molecular weight excluding hydrogens is 460 g/mol. The van der Waals surface area contributed by atoms with Gasteiger partial charge < -0.3 is 15.4 Å². The van der Waals surface area contributed by atoms with Crippen molar-refractivity contribution in [3.05, 3.63) is 88.2 Å². The number of hydrazone groups is 1. The van der Waals surface area contributed by atoms with Crippen LogP contribution in [0, 0.1) is 6.92 Å². The zero-order valence-electron chi connectivity index (χ0n) is 19.1. The molecule has 0 radical (unpaired) electrons. The summed E-state index contributed by atoms with van der Waals surface area (Å²) in [6, 6.07) is 15.7. The quantitative estimate of drug-likeness (QED) is 0.194. The van der Waals surface area contributed by atoms with E-state index in [1.165, 1.54) is 11.9 Å². The fraction of sp³-hybridized carbons (Fsp3) is 0.154. The molecule has 5 rings (SSSR count). The molecule has 3 aromatic heterocycles. The fourth-order valence-corrected chi connectivity index (χ4v) is 5.02. The SMILES string of the molecule is Cc1cccc2[nH]cc(C=NNc3ncnc4sc(Cc5ccc(C(=O)NCCO)cc5)cc34)c12. The third kappa shape index (κ3) is 4.91. The molecule has 0 atom stereocenters. The number of hydrogen-bond donors (Lipinski definition) is 4. The Labute approximate surface area is 205 Å². The minimum atomic E-state index is -0.193. The number of anilines is 1. The summed E-state index contributed by atoms with van der Waals surface area (Å²) >= 11 is 1.61. The van der Waals surface area contributed by atoms with E-state index in [1.54, 1.807) is 29.7 Å². The number of benzene rings is 2. The Morgan fingerprint density at radius 3 is 2.89 bits per heavy atom. The van der Waals surface area contributed by atoms with Crippen LogP contribution in [0.15, 0.2) is 66.2 Å². The van der Waals surface area contributed by atoms with Gasteiger partial charge in [0, 0.05) is 46.1 Å². The van der Waals surface area contributed by atoms with Crippen molar-refractivity contribution in [3.63, 3.8) is 0 Å². The number of nitrogens with zero attached hydrogens (tertiary/aromatic N) is 3. The lowest BCUT2D eigenvalue weighted by Gasteiger charge is -2.04. The molecule has 3 heterocycles. The average molecular weight is 485 g/mol. The molecule has 2 aromatic carbocycles. The lowest BCUT2D eigenvalue weighted by Crippen LogP contribution is -2.26. The molecule has 0 aliphatic rings. The zero-order valence-corrected chi connectivity index (χ0v) is 19.9. The van der Waals surface area contributed by atoms with Crippen LogP contribution in [0.5, 0.6) is 0 Å². The first-order valence-electron chi connectivity index (χ1n) is 11.2. The Balaban J connectivity index is 1.31. The molecule has 0 aliphatic carbocycles. The maximum absolute atomic E-state index is 12.0. The maximum Gasteiger partial charge on any atom is 0.251 e. The summed E-state index contributed by atoms with van der Waals surface area (Å²) in [6.45, 7) is 2.25. The van der Waals surface area contributed by atoms with Crippen molar-refractivity contribution in [2.24, 2.45) is 5.10 Å². The Morgan fingerprint density at radius 2 is 2.06 bits per heavy atom. The molecule has 0 fully saturated rings. The van der Waals surface area contributed by atoms with Crippen molar-refractivity contribution in [1.29, 1.82) is 0 Å². The first-order valence-corrected chi connectivity index (χ1v) is 12.0. The first-order chi connectivity index (χ1) is 17.1. The summed E-state index contributed by atoms with van der Waals surface area (Å²) in [4.78, 5) is 26.1. The molecule has 0 aliphatic heterocycles. The third-order valence-electron chi connectivity index (χ3n) is 5.69. The number of rotatable bonds is 8. The number of aromatic nitrogens is 3. The number of thiophene rings is 1. The van der Waals surface area contributed by atoms with Crippen LogP contribution in [0.25, 0.3) is 21.1 Å². The van der Waals surface area contributed by atoms with Crippen LogP contribution in [0.3, 0.4) is 0 Å². The molecule has 5 aromatic rings. The number of aromatic amines is 1. The molecule has 0 unspecified atom stereocenters. The van der Waals surface area contributed by atoms with E-state index in [0.29, 0.717) is 11.4 Å². The fourth-order valence-electron chi connectivity index (χ4n) is 3.99. The van der Waals surface area contributed by atoms with Gasteiger partial charge in [-0.15, -0.1) is 11.3 Å². The van der Waals surface area contributed by atoms with Crippen LogP contribution in [0.2, 0.25) is 0 Å². The predicted octanol–water partition coefficient (Wildman–Crippen LogP) is 4.24. The lowest BCUT2D eigenvalue weighted by atomic mass is 10.1. The highest BCUT2D eigenvalue weighted by atomic mass is 32.1. The van der Waals surface area contributed by atoms with Gasteiger partial charge in [-0.25, -0.2) is 9.97 Å². The smallest absolute Gasteiger partial charge is 0.251 e. The van der Waals surface area contributed by atoms with E-state index in [-0.39, 0.29) is 19.1 Å². The summed E-state index contributed by atoms with van der Waals surface area (Å²) in [5.41, 5.74) is 8.01. The third-order valence-corrected chi connectivity index (χ3v) is 6.73. The molecular formula is C26H24N6O2S. The van der Waals surface area contributed by atoms with Gasteiger partial charge in [-0.05, 0) is 42.3 Å². The molecule has 4 N–H and O–H groups in total. The minimum Gasteiger partial charge on any atom is -0.395 e. The Kier molecular flexibility index (Phi) is 6.51. The highest BCUT2D eigenvalue weighted by molar-refractivity contribution is 7.18. The number of aliphatic hydroxyl groups excluding tert-OH is 1. The van der Waals surface area contributed by atoms with Gasteiger partial charge in [0.05, 0.1) is 18.2 Å². The van der Waals surface area contributed by atoms with E-state index in [9.17, 15) is 4.79 Å². The number of fused-ring (bicyclic) bond motifs is 2. The largest absolute Gasteiger partial charge is 0.395 e. The minimum absolute atomic E-state index is 0.0799. The van der Waals surface area contributed by atoms with E-state index in [1.807, 2.05) is 30.5 Å². The normalized spacial score (nSPS) is 11.5. The number of aryl methyl sites for hydroxylation is 1. The van der Waals surface area contributed by atoms with Crippen molar-refractivity contribution in [1.82, 2.24) is 20.3 Å². The van der Waals surface area contributed by atoms with E-state index < -0.39 is 0 Å². The maximum atomic E-state index is 12.0. The Hall–Kier alpha value is -4.08. The molecule has 0 bridgehead atoms. The molecule has 0 saturated carbocycles. The van der Waals surface area contributed by atoms with Crippen LogP contribution in [-0.2, 0) is 6.42 Å². The van der Waals surface area contributed by atoms with Crippen molar-refractivity contribution >= 4 is 50.4 Å². The van der Waals surface area contributed by atoms with E-state index in [0.717, 1.165) is 43.5 Å². The van der Waals surface area contributed by atoms with Gasteiger partial charge in [-0.2, -0.15) is 5.10 Å². The number of aliphatic hydroxyl groups is 1. The van der Waals surface area contributed by atoms with Gasteiger partial charge >= 0.3 is 0 Å². The second-order valence-electron chi connectivity index (χ2n) is 8.12. The number of amides is 1. The molecule has 1 amide bonds. The Morgan fingerprint density at radius 1 is 1.20 bits per heavy atom. The zero-order chi connectivity index (χ0) is 24.2. The van der Waals surface area contributed by atoms with Crippen LogP contribution in [-0.4, -0.2) is 45.3 Å². The van der Waals surface area contributed by atoms with Crippen molar-refractivity contribution in [2.45, 2.75) is 13.3 Å². The first kappa shape index (κ1) is 22.7. The molecule has 8 nitrogen and oxygen atoms in total. The Bertz CT molecular complexity index is 1520. The standard InChI is InChI=1S/C26H24N6O2S/c1-16-3-2-4-22-23(16)19(13-28-22)14-31-32-24-21-12-20(35-26(21)30-15-29-24)11-17-5-7-18(8-6-17)25(34)27-9-10-33/h2-8,12-15,28,33H,9-11H2,1H3,(H,27,34)(H,29,30,32). The second-order valence-corrected chi connectivity index (χ2v) is 9.23. The highest BCUT2D eigenvalue weighted by Crippen LogP contribution is 2.30. The number of H-pyrrole nitrogens is 1. The highest BCUT2D eigenvalue weighted by Gasteiger charge is 2.10. The van der Waals surface area contributed by atoms with Crippen LogP contribution in [0.1, 0.15) is 31.9 Å². The summed E-state index contributed by atoms with van der Waals surface area (Å²) < 4.78 is 0. The summed E-state index contributed by atoms with van der Waals surface area (Å²) in [5.74, 6) is 0.461. The summed E-state index contributed by atoms with van der Waals surface area (Å²) in [5, 5.41) is 18.0. The molecule has 0 saturated heterocycles. The number of nitrogens with one attached hydrogen (secondary N) is 3. The van der Waals surface area contributed by atoms with Crippen molar-refractivity contribution < 1.29 is 9.90 Å². The topological polar surface area (TPSA) is 115 Å². The molecule has 176 valence electrons. The number of carbonyl (C=O) groups excluding carboxylic acids is 1.